The van der Waals surface area contributed by atoms with Crippen molar-refractivity contribution in [1.29, 1.82) is 0 Å². The first-order chi connectivity index (χ1) is 8.95. The highest BCUT2D eigenvalue weighted by Crippen LogP contribution is 2.23. The standard InChI is InChI=1S/C16H20N3/c1-13-5-7-14(8-6-13)17-18-15-9-11-16(12-10-15)19(2,3)4/h5-12H,1-4H3/q+1. The van der Waals surface area contributed by atoms with Gasteiger partial charge in [0.15, 0.2) is 0 Å². The molecule has 0 amide bonds. The van der Waals surface area contributed by atoms with Gasteiger partial charge < -0.3 is 0 Å². The normalized spacial score (nSPS) is 12.0. The van der Waals surface area contributed by atoms with Crippen LogP contribution < -0.4 is 4.48 Å². The van der Waals surface area contributed by atoms with E-state index in [0.717, 1.165) is 15.9 Å². The molecule has 3 nitrogen and oxygen atoms in total. The van der Waals surface area contributed by atoms with Crippen molar-refractivity contribution in [2.45, 2.75) is 6.92 Å². The van der Waals surface area contributed by atoms with Crippen molar-refractivity contribution in [3.63, 3.8) is 0 Å². The lowest BCUT2D eigenvalue weighted by molar-refractivity contribution is 0.486. The molecule has 0 saturated heterocycles. The summed E-state index contributed by atoms with van der Waals surface area (Å²) in [6, 6.07) is 16.2. The van der Waals surface area contributed by atoms with Gasteiger partial charge in [-0.1, -0.05) is 17.7 Å². The monoisotopic (exact) mass is 254 g/mol. The zero-order chi connectivity index (χ0) is 13.9. The number of rotatable bonds is 3. The number of hydrogen-bond acceptors (Lipinski definition) is 2. The largest absolute Gasteiger partial charge is 0.298 e. The van der Waals surface area contributed by atoms with Gasteiger partial charge in [-0.2, -0.15) is 10.2 Å². The van der Waals surface area contributed by atoms with E-state index in [4.69, 9.17) is 0 Å². The molecule has 0 aliphatic rings. The highest BCUT2D eigenvalue weighted by molar-refractivity contribution is 5.49. The molecule has 0 radical (unpaired) electrons. The summed E-state index contributed by atoms with van der Waals surface area (Å²) in [4.78, 5) is 0. The molecule has 2 aromatic rings. The molecule has 0 unspecified atom stereocenters. The number of hydrogen-bond donors (Lipinski definition) is 0. The summed E-state index contributed by atoms with van der Waals surface area (Å²) in [6.07, 6.45) is 0. The first-order valence-electron chi connectivity index (χ1n) is 6.36. The zero-order valence-electron chi connectivity index (χ0n) is 12.0. The van der Waals surface area contributed by atoms with Gasteiger partial charge in [-0.05, 0) is 31.2 Å². The summed E-state index contributed by atoms with van der Waals surface area (Å²) >= 11 is 0. The second-order valence-corrected chi connectivity index (χ2v) is 5.56. The Morgan fingerprint density at radius 2 is 1.11 bits per heavy atom. The third kappa shape index (κ3) is 3.73. The fraction of sp³-hybridized carbons (Fsp3) is 0.250. The van der Waals surface area contributed by atoms with Crippen molar-refractivity contribution in [3.8, 4) is 0 Å². The van der Waals surface area contributed by atoms with Gasteiger partial charge in [0, 0.05) is 12.1 Å². The summed E-state index contributed by atoms with van der Waals surface area (Å²) < 4.78 is 0.801. The molecule has 3 heteroatoms. The van der Waals surface area contributed by atoms with Gasteiger partial charge in [0.05, 0.1) is 32.5 Å². The van der Waals surface area contributed by atoms with Crippen LogP contribution in [0.25, 0.3) is 0 Å². The number of quaternary nitrogens is 1. The van der Waals surface area contributed by atoms with Crippen molar-refractivity contribution in [2.75, 3.05) is 21.1 Å². The molecule has 0 aromatic heterocycles. The van der Waals surface area contributed by atoms with E-state index in [2.05, 4.69) is 50.4 Å². The summed E-state index contributed by atoms with van der Waals surface area (Å²) in [5, 5.41) is 8.48. The average molecular weight is 254 g/mol. The Labute approximate surface area is 114 Å². The molecular formula is C16H20N3+. The third-order valence-corrected chi connectivity index (χ3v) is 2.94. The molecule has 0 aliphatic carbocycles. The minimum Gasteiger partial charge on any atom is -0.298 e. The van der Waals surface area contributed by atoms with Crippen molar-refractivity contribution in [3.05, 3.63) is 54.1 Å². The van der Waals surface area contributed by atoms with E-state index < -0.39 is 0 Å². The minimum atomic E-state index is 0.801. The summed E-state index contributed by atoms with van der Waals surface area (Å²) in [7, 11) is 6.43. The maximum Gasteiger partial charge on any atom is 0.132 e. The Bertz CT molecular complexity index is 560. The predicted octanol–water partition coefficient (Wildman–Crippen LogP) is 4.61. The quantitative estimate of drug-likeness (QED) is 0.564. The molecule has 0 spiro atoms. The fourth-order valence-corrected chi connectivity index (χ4v) is 1.69. The van der Waals surface area contributed by atoms with Crippen molar-refractivity contribution in [2.24, 2.45) is 10.2 Å². The number of benzene rings is 2. The van der Waals surface area contributed by atoms with E-state index in [9.17, 15) is 0 Å². The van der Waals surface area contributed by atoms with E-state index in [0.29, 0.717) is 0 Å². The van der Waals surface area contributed by atoms with Gasteiger partial charge in [-0.25, -0.2) is 0 Å². The Hall–Kier alpha value is -2.00. The van der Waals surface area contributed by atoms with Crippen molar-refractivity contribution in [1.82, 2.24) is 4.48 Å². The molecule has 0 atom stereocenters. The van der Waals surface area contributed by atoms with E-state index in [1.54, 1.807) is 0 Å². The maximum atomic E-state index is 4.25. The second-order valence-electron chi connectivity index (χ2n) is 5.56. The van der Waals surface area contributed by atoms with Crippen LogP contribution in [0.5, 0.6) is 0 Å². The maximum absolute atomic E-state index is 4.25. The van der Waals surface area contributed by atoms with Gasteiger partial charge in [-0.15, -0.1) is 0 Å². The zero-order valence-corrected chi connectivity index (χ0v) is 12.0. The van der Waals surface area contributed by atoms with E-state index in [1.807, 2.05) is 36.4 Å². The fourth-order valence-electron chi connectivity index (χ4n) is 1.69. The Kier molecular flexibility index (Phi) is 3.76. The van der Waals surface area contributed by atoms with Gasteiger partial charge in [0.2, 0.25) is 0 Å². The van der Waals surface area contributed by atoms with Crippen LogP contribution in [-0.2, 0) is 0 Å². The van der Waals surface area contributed by atoms with Crippen LogP contribution in [0.2, 0.25) is 0 Å². The number of azo groups is 1. The van der Waals surface area contributed by atoms with Crippen LogP contribution in [0.15, 0.2) is 58.8 Å². The van der Waals surface area contributed by atoms with Crippen molar-refractivity contribution >= 4 is 17.1 Å². The SMILES string of the molecule is Cc1ccc(N=Nc2ccc([N+](C)(C)C)cc2)cc1. The van der Waals surface area contributed by atoms with E-state index in [-0.39, 0.29) is 0 Å². The number of aryl methyl sites for hydroxylation is 1. The van der Waals surface area contributed by atoms with Crippen LogP contribution in [0.4, 0.5) is 17.1 Å². The van der Waals surface area contributed by atoms with Gasteiger partial charge in [-0.3, -0.25) is 4.48 Å². The summed E-state index contributed by atoms with van der Waals surface area (Å²) in [5.41, 5.74) is 4.22. The molecule has 0 saturated carbocycles. The lowest BCUT2D eigenvalue weighted by Gasteiger charge is -2.23. The van der Waals surface area contributed by atoms with Crippen LogP contribution >= 0.6 is 0 Å². The summed E-state index contributed by atoms with van der Waals surface area (Å²) in [5.74, 6) is 0. The van der Waals surface area contributed by atoms with E-state index in [1.165, 1.54) is 11.3 Å². The third-order valence-electron chi connectivity index (χ3n) is 2.94. The first-order valence-corrected chi connectivity index (χ1v) is 6.36. The lowest BCUT2D eigenvalue weighted by Crippen LogP contribution is -2.34. The molecule has 0 N–H and O–H groups in total. The lowest BCUT2D eigenvalue weighted by atomic mass is 10.2. The molecule has 2 aromatic carbocycles. The molecule has 98 valence electrons. The molecule has 0 aliphatic heterocycles. The molecule has 19 heavy (non-hydrogen) atoms. The summed E-state index contributed by atoms with van der Waals surface area (Å²) in [6.45, 7) is 2.06. The predicted molar refractivity (Wildman–Crippen MR) is 81.4 cm³/mol. The van der Waals surface area contributed by atoms with Crippen LogP contribution in [0.1, 0.15) is 5.56 Å². The molecular weight excluding hydrogens is 234 g/mol. The highest BCUT2D eigenvalue weighted by Gasteiger charge is 2.10. The van der Waals surface area contributed by atoms with Crippen LogP contribution in [-0.4, -0.2) is 21.1 Å². The number of nitrogens with zero attached hydrogens (tertiary/aromatic N) is 3. The molecule has 0 fully saturated rings. The second kappa shape index (κ2) is 5.33. The van der Waals surface area contributed by atoms with Gasteiger partial charge in [0.1, 0.15) is 5.69 Å². The average Bonchev–Trinajstić information content (AvgIpc) is 2.37. The molecule has 2 rings (SSSR count). The smallest absolute Gasteiger partial charge is 0.132 e. The Balaban J connectivity index is 2.13. The first kappa shape index (κ1) is 13.4. The topological polar surface area (TPSA) is 24.7 Å². The van der Waals surface area contributed by atoms with Crippen molar-refractivity contribution < 1.29 is 0 Å². The highest BCUT2D eigenvalue weighted by atomic mass is 15.3. The van der Waals surface area contributed by atoms with Gasteiger partial charge >= 0.3 is 0 Å². The minimum absolute atomic E-state index is 0.801. The van der Waals surface area contributed by atoms with Crippen LogP contribution in [0, 0.1) is 6.92 Å². The Morgan fingerprint density at radius 3 is 1.53 bits per heavy atom. The molecule has 0 heterocycles. The molecule has 0 bridgehead atoms. The van der Waals surface area contributed by atoms with Gasteiger partial charge in [0.25, 0.3) is 0 Å². The van der Waals surface area contributed by atoms with Crippen LogP contribution in [0.3, 0.4) is 0 Å². The van der Waals surface area contributed by atoms with E-state index >= 15 is 0 Å². The Morgan fingerprint density at radius 1 is 0.684 bits per heavy atom.